The Labute approximate surface area is 99.9 Å². The summed E-state index contributed by atoms with van der Waals surface area (Å²) in [6, 6.07) is 9.10. The Balaban J connectivity index is 2.18. The van der Waals surface area contributed by atoms with Crippen LogP contribution in [-0.2, 0) is 11.2 Å². The maximum atomic E-state index is 11.3. The summed E-state index contributed by atoms with van der Waals surface area (Å²) < 4.78 is 0. The molecular weight excluding hydrogens is 216 g/mol. The number of rotatable bonds is 3. The van der Waals surface area contributed by atoms with E-state index in [0.29, 0.717) is 18.4 Å². The maximum Gasteiger partial charge on any atom is 0.140 e. The number of carboxylic acid groups (broad SMARTS) is 1. The van der Waals surface area contributed by atoms with Gasteiger partial charge in [0.25, 0.3) is 0 Å². The minimum Gasteiger partial charge on any atom is -0.544 e. The minimum absolute atomic E-state index is 0.459. The number of nitriles is 1. The predicted octanol–water partition coefficient (Wildman–Crippen LogP) is -1.05. The molecule has 1 aromatic rings. The highest BCUT2D eigenvalue weighted by molar-refractivity contribution is 5.75. The summed E-state index contributed by atoms with van der Waals surface area (Å²) in [5.74, 6) is -0.987. The van der Waals surface area contributed by atoms with Crippen molar-refractivity contribution in [2.75, 3.05) is 6.54 Å². The molecule has 1 heterocycles. The molecule has 1 aromatic carbocycles. The average molecular weight is 230 g/mol. The number of aliphatic carboxylic acids is 1. The topological polar surface area (TPSA) is 80.5 Å². The number of carbonyl (C=O) groups excluding carboxylic acids is 1. The van der Waals surface area contributed by atoms with Crippen LogP contribution in [0.1, 0.15) is 24.0 Å². The molecule has 4 heteroatoms. The lowest BCUT2D eigenvalue weighted by molar-refractivity contribution is -0.700. The number of carboxylic acids is 1. The highest BCUT2D eigenvalue weighted by Crippen LogP contribution is 2.18. The van der Waals surface area contributed by atoms with Crippen molar-refractivity contribution >= 4 is 5.97 Å². The van der Waals surface area contributed by atoms with Gasteiger partial charge in [-0.3, -0.25) is 0 Å². The molecule has 1 atom stereocenters. The number of benzene rings is 1. The lowest BCUT2D eigenvalue weighted by Gasteiger charge is -2.27. The van der Waals surface area contributed by atoms with Crippen LogP contribution in [0, 0.1) is 11.3 Å². The van der Waals surface area contributed by atoms with E-state index in [0.717, 1.165) is 18.5 Å². The Morgan fingerprint density at radius 3 is 2.65 bits per heavy atom. The van der Waals surface area contributed by atoms with Crippen LogP contribution in [0.3, 0.4) is 0 Å². The van der Waals surface area contributed by atoms with Gasteiger partial charge in [-0.15, -0.1) is 0 Å². The Hall–Kier alpha value is -1.86. The van der Waals surface area contributed by atoms with Gasteiger partial charge in [-0.25, -0.2) is 0 Å². The Morgan fingerprint density at radius 1 is 1.47 bits per heavy atom. The Kier molecular flexibility index (Phi) is 3.12. The molecule has 1 aliphatic heterocycles. The van der Waals surface area contributed by atoms with Gasteiger partial charge in [0.2, 0.25) is 0 Å². The number of hydrogen-bond donors (Lipinski definition) is 1. The molecular formula is C13H14N2O2. The van der Waals surface area contributed by atoms with E-state index in [1.807, 2.05) is 23.5 Å². The second kappa shape index (κ2) is 4.56. The van der Waals surface area contributed by atoms with Gasteiger partial charge in [-0.2, -0.15) is 5.26 Å². The van der Waals surface area contributed by atoms with E-state index >= 15 is 0 Å². The van der Waals surface area contributed by atoms with Crippen LogP contribution in [0.15, 0.2) is 24.3 Å². The molecule has 1 saturated heterocycles. The van der Waals surface area contributed by atoms with Crippen LogP contribution in [0.4, 0.5) is 0 Å². The van der Waals surface area contributed by atoms with Crippen LogP contribution in [0.2, 0.25) is 0 Å². The van der Waals surface area contributed by atoms with Gasteiger partial charge in [0.15, 0.2) is 0 Å². The lowest BCUT2D eigenvalue weighted by atomic mass is 9.89. The SMILES string of the molecule is N#Cc1ccc(C[C@]2(C(=O)[O-])CCC[NH2+]2)cc1. The third kappa shape index (κ3) is 2.29. The summed E-state index contributed by atoms with van der Waals surface area (Å²) in [5, 5.41) is 21.8. The van der Waals surface area contributed by atoms with E-state index in [1.54, 1.807) is 12.1 Å². The van der Waals surface area contributed by atoms with Gasteiger partial charge in [0.1, 0.15) is 11.5 Å². The average Bonchev–Trinajstić information content (AvgIpc) is 2.80. The van der Waals surface area contributed by atoms with E-state index in [9.17, 15) is 9.90 Å². The van der Waals surface area contributed by atoms with E-state index in [1.165, 1.54) is 0 Å². The molecule has 0 aromatic heterocycles. The van der Waals surface area contributed by atoms with Crippen molar-refractivity contribution in [3.63, 3.8) is 0 Å². The molecule has 88 valence electrons. The fraction of sp³-hybridized carbons (Fsp3) is 0.385. The summed E-state index contributed by atoms with van der Waals surface area (Å²) in [6.45, 7) is 0.838. The van der Waals surface area contributed by atoms with Gasteiger partial charge in [-0.1, -0.05) is 12.1 Å². The number of nitrogens with two attached hydrogens (primary N) is 1. The normalized spacial score (nSPS) is 23.2. The molecule has 17 heavy (non-hydrogen) atoms. The van der Waals surface area contributed by atoms with Crippen molar-refractivity contribution in [3.8, 4) is 6.07 Å². The van der Waals surface area contributed by atoms with Crippen LogP contribution < -0.4 is 10.4 Å². The fourth-order valence-electron chi connectivity index (χ4n) is 2.38. The quantitative estimate of drug-likeness (QED) is 0.719. The van der Waals surface area contributed by atoms with Gasteiger partial charge < -0.3 is 15.2 Å². The van der Waals surface area contributed by atoms with Crippen LogP contribution in [0.5, 0.6) is 0 Å². The first-order valence-electron chi connectivity index (χ1n) is 5.71. The van der Waals surface area contributed by atoms with Crippen molar-refractivity contribution in [3.05, 3.63) is 35.4 Å². The summed E-state index contributed by atoms with van der Waals surface area (Å²) in [6.07, 6.45) is 2.01. The van der Waals surface area contributed by atoms with Crippen molar-refractivity contribution in [1.29, 1.82) is 5.26 Å². The first-order chi connectivity index (χ1) is 8.16. The fourth-order valence-corrected chi connectivity index (χ4v) is 2.38. The molecule has 1 fully saturated rings. The third-order valence-electron chi connectivity index (χ3n) is 3.37. The third-order valence-corrected chi connectivity index (χ3v) is 3.37. The van der Waals surface area contributed by atoms with E-state index in [2.05, 4.69) is 0 Å². The van der Waals surface area contributed by atoms with E-state index < -0.39 is 11.5 Å². The highest BCUT2D eigenvalue weighted by atomic mass is 16.4. The maximum absolute atomic E-state index is 11.3. The van der Waals surface area contributed by atoms with Crippen molar-refractivity contribution in [2.45, 2.75) is 24.8 Å². The number of nitrogens with zero attached hydrogens (tertiary/aromatic N) is 1. The molecule has 0 aliphatic carbocycles. The second-order valence-corrected chi connectivity index (χ2v) is 4.53. The molecule has 4 nitrogen and oxygen atoms in total. The highest BCUT2D eigenvalue weighted by Gasteiger charge is 2.39. The molecule has 2 rings (SSSR count). The van der Waals surface area contributed by atoms with Gasteiger partial charge in [0, 0.05) is 19.3 Å². The molecule has 0 bridgehead atoms. The number of quaternary nitrogens is 1. The summed E-state index contributed by atoms with van der Waals surface area (Å²) in [5.41, 5.74) is 0.715. The van der Waals surface area contributed by atoms with Crippen LogP contribution in [-0.4, -0.2) is 18.1 Å². The van der Waals surface area contributed by atoms with Gasteiger partial charge in [-0.05, 0) is 17.7 Å². The molecule has 0 unspecified atom stereocenters. The van der Waals surface area contributed by atoms with Crippen molar-refractivity contribution in [2.24, 2.45) is 0 Å². The smallest absolute Gasteiger partial charge is 0.140 e. The molecule has 0 saturated carbocycles. The lowest BCUT2D eigenvalue weighted by Crippen LogP contribution is -2.97. The van der Waals surface area contributed by atoms with Crippen LogP contribution >= 0.6 is 0 Å². The van der Waals surface area contributed by atoms with Gasteiger partial charge in [0.05, 0.1) is 18.2 Å². The molecule has 0 radical (unpaired) electrons. The molecule has 2 N–H and O–H groups in total. The largest absolute Gasteiger partial charge is 0.544 e. The van der Waals surface area contributed by atoms with E-state index in [4.69, 9.17) is 5.26 Å². The number of carbonyl (C=O) groups is 1. The van der Waals surface area contributed by atoms with Crippen LogP contribution in [0.25, 0.3) is 0 Å². The minimum atomic E-state index is -0.987. The Bertz CT molecular complexity index is 453. The molecule has 0 amide bonds. The standard InChI is InChI=1S/C13H14N2O2/c14-9-11-4-2-10(3-5-11)8-13(12(16)17)6-1-7-15-13/h2-5,15H,1,6-8H2,(H,16,17)/t13-/m0/s1. The molecule has 0 spiro atoms. The number of hydrogen-bond acceptors (Lipinski definition) is 3. The summed E-state index contributed by atoms with van der Waals surface area (Å²) in [4.78, 5) is 11.3. The first-order valence-corrected chi connectivity index (χ1v) is 5.71. The Morgan fingerprint density at radius 2 is 2.18 bits per heavy atom. The monoisotopic (exact) mass is 230 g/mol. The zero-order valence-corrected chi connectivity index (χ0v) is 9.48. The van der Waals surface area contributed by atoms with Crippen molar-refractivity contribution < 1.29 is 15.2 Å². The van der Waals surface area contributed by atoms with Gasteiger partial charge >= 0.3 is 0 Å². The summed E-state index contributed by atoms with van der Waals surface area (Å²) in [7, 11) is 0. The molecule has 1 aliphatic rings. The van der Waals surface area contributed by atoms with E-state index in [-0.39, 0.29) is 0 Å². The second-order valence-electron chi connectivity index (χ2n) is 4.53. The zero-order valence-electron chi connectivity index (χ0n) is 9.48. The van der Waals surface area contributed by atoms with Crippen molar-refractivity contribution in [1.82, 2.24) is 0 Å². The zero-order chi connectivity index (χ0) is 12.3. The summed E-state index contributed by atoms with van der Waals surface area (Å²) >= 11 is 0. The predicted molar refractivity (Wildman–Crippen MR) is 58.6 cm³/mol. The first kappa shape index (κ1) is 11.6.